The fourth-order valence-electron chi connectivity index (χ4n) is 3.46. The standard InChI is InChI=1S/C20H30ClN3O2/c1-13-6-5-7-18(14(13)2)23-20(26)15(3)24(4)12-19(25)22-17-10-8-16(21)9-11-17/h8-11,13-15,18H,5-7,12H2,1-4H3,(H,22,25)(H,23,26)/p+1/t13-,14-,15-,18-/m1/s1. The van der Waals surface area contributed by atoms with Crippen molar-refractivity contribution >= 4 is 29.1 Å². The molecule has 1 aromatic carbocycles. The van der Waals surface area contributed by atoms with Crippen molar-refractivity contribution in [3.8, 4) is 0 Å². The summed E-state index contributed by atoms with van der Waals surface area (Å²) in [6.07, 6.45) is 3.44. The van der Waals surface area contributed by atoms with Gasteiger partial charge < -0.3 is 15.5 Å². The number of hydrogen-bond acceptors (Lipinski definition) is 2. The van der Waals surface area contributed by atoms with E-state index < -0.39 is 0 Å². The fraction of sp³-hybridized carbons (Fsp3) is 0.600. The third-order valence-corrected chi connectivity index (χ3v) is 5.99. The minimum Gasteiger partial charge on any atom is -0.348 e. The number of hydrogen-bond donors (Lipinski definition) is 3. The first-order chi connectivity index (χ1) is 12.3. The summed E-state index contributed by atoms with van der Waals surface area (Å²) in [6.45, 7) is 6.57. The molecule has 0 bridgehead atoms. The van der Waals surface area contributed by atoms with Gasteiger partial charge in [0.15, 0.2) is 12.6 Å². The van der Waals surface area contributed by atoms with E-state index in [0.29, 0.717) is 22.5 Å². The van der Waals surface area contributed by atoms with Gasteiger partial charge in [0.1, 0.15) is 0 Å². The SMILES string of the molecule is C[C@@H]1[C@H](C)CCC[C@H]1NC(=O)[C@@H](C)[NH+](C)CC(=O)Nc1ccc(Cl)cc1. The number of likely N-dealkylation sites (N-methyl/N-ethyl adjacent to an activating group) is 1. The Bertz CT molecular complexity index is 620. The fourth-order valence-corrected chi connectivity index (χ4v) is 3.59. The molecule has 0 spiro atoms. The summed E-state index contributed by atoms with van der Waals surface area (Å²) in [7, 11) is 1.87. The highest BCUT2D eigenvalue weighted by molar-refractivity contribution is 6.30. The van der Waals surface area contributed by atoms with E-state index >= 15 is 0 Å². The number of nitrogens with one attached hydrogen (secondary N) is 3. The highest BCUT2D eigenvalue weighted by Gasteiger charge is 2.31. The molecule has 1 aromatic rings. The molecule has 1 aliphatic carbocycles. The lowest BCUT2D eigenvalue weighted by molar-refractivity contribution is -0.885. The lowest BCUT2D eigenvalue weighted by atomic mass is 9.78. The van der Waals surface area contributed by atoms with Crippen LogP contribution < -0.4 is 15.5 Å². The zero-order valence-electron chi connectivity index (χ0n) is 16.1. The molecule has 0 saturated heterocycles. The van der Waals surface area contributed by atoms with Crippen LogP contribution in [0.4, 0.5) is 5.69 Å². The summed E-state index contributed by atoms with van der Waals surface area (Å²) in [5, 5.41) is 6.67. The molecule has 1 aliphatic rings. The zero-order valence-corrected chi connectivity index (χ0v) is 16.9. The number of amides is 2. The Morgan fingerprint density at radius 1 is 1.23 bits per heavy atom. The summed E-state index contributed by atoms with van der Waals surface area (Å²) < 4.78 is 0. The zero-order chi connectivity index (χ0) is 19.3. The van der Waals surface area contributed by atoms with E-state index in [0.717, 1.165) is 17.7 Å². The van der Waals surface area contributed by atoms with Crippen molar-refractivity contribution in [2.45, 2.75) is 52.1 Å². The van der Waals surface area contributed by atoms with Gasteiger partial charge in [0.05, 0.1) is 7.05 Å². The van der Waals surface area contributed by atoms with Gasteiger partial charge in [-0.2, -0.15) is 0 Å². The smallest absolute Gasteiger partial charge is 0.279 e. The molecule has 26 heavy (non-hydrogen) atoms. The lowest BCUT2D eigenvalue weighted by Gasteiger charge is -2.35. The number of rotatable bonds is 6. The van der Waals surface area contributed by atoms with Crippen molar-refractivity contribution in [1.29, 1.82) is 0 Å². The van der Waals surface area contributed by atoms with Crippen molar-refractivity contribution in [2.75, 3.05) is 18.9 Å². The van der Waals surface area contributed by atoms with Crippen LogP contribution in [0, 0.1) is 11.8 Å². The molecule has 5 nitrogen and oxygen atoms in total. The first-order valence-corrected chi connectivity index (χ1v) is 9.83. The summed E-state index contributed by atoms with van der Waals surface area (Å²) in [4.78, 5) is 25.7. The molecule has 0 aromatic heterocycles. The average Bonchev–Trinajstić information content (AvgIpc) is 2.60. The van der Waals surface area contributed by atoms with Gasteiger partial charge in [0.25, 0.3) is 11.8 Å². The monoisotopic (exact) mass is 380 g/mol. The van der Waals surface area contributed by atoms with Gasteiger partial charge in [0.2, 0.25) is 0 Å². The maximum atomic E-state index is 12.6. The Morgan fingerprint density at radius 2 is 1.88 bits per heavy atom. The summed E-state index contributed by atoms with van der Waals surface area (Å²) in [6, 6.07) is 6.95. The second-order valence-corrected chi connectivity index (χ2v) is 8.12. The maximum Gasteiger partial charge on any atom is 0.279 e. The molecule has 5 atom stereocenters. The van der Waals surface area contributed by atoms with Crippen molar-refractivity contribution in [2.24, 2.45) is 11.8 Å². The van der Waals surface area contributed by atoms with Gasteiger partial charge in [-0.15, -0.1) is 0 Å². The molecule has 2 amide bonds. The minimum absolute atomic E-state index is 0.0211. The minimum atomic E-state index is -0.282. The highest BCUT2D eigenvalue weighted by Crippen LogP contribution is 2.29. The molecule has 3 N–H and O–H groups in total. The second kappa shape index (κ2) is 9.38. The lowest BCUT2D eigenvalue weighted by Crippen LogP contribution is -3.15. The average molecular weight is 381 g/mol. The molecule has 0 radical (unpaired) electrons. The van der Waals surface area contributed by atoms with Crippen LogP contribution in [0.1, 0.15) is 40.0 Å². The van der Waals surface area contributed by atoms with Crippen molar-refractivity contribution < 1.29 is 14.5 Å². The van der Waals surface area contributed by atoms with Crippen LogP contribution in [0.2, 0.25) is 5.02 Å². The third kappa shape index (κ3) is 5.71. The molecule has 6 heteroatoms. The quantitative estimate of drug-likeness (QED) is 0.707. The molecule has 1 fully saturated rings. The maximum absolute atomic E-state index is 12.6. The number of carbonyl (C=O) groups is 2. The Labute approximate surface area is 161 Å². The molecule has 0 heterocycles. The predicted molar refractivity (Wildman–Crippen MR) is 105 cm³/mol. The van der Waals surface area contributed by atoms with Gasteiger partial charge >= 0.3 is 0 Å². The Kier molecular flexibility index (Phi) is 7.47. The molecule has 144 valence electrons. The van der Waals surface area contributed by atoms with Crippen molar-refractivity contribution in [3.63, 3.8) is 0 Å². The summed E-state index contributed by atoms with van der Waals surface area (Å²) in [5.74, 6) is 1.03. The Balaban J connectivity index is 1.83. The van der Waals surface area contributed by atoms with Gasteiger partial charge in [-0.05, 0) is 49.4 Å². The van der Waals surface area contributed by atoms with E-state index in [4.69, 9.17) is 11.6 Å². The van der Waals surface area contributed by atoms with Crippen LogP contribution >= 0.6 is 11.6 Å². The van der Waals surface area contributed by atoms with E-state index in [-0.39, 0.29) is 30.4 Å². The van der Waals surface area contributed by atoms with E-state index in [1.54, 1.807) is 24.3 Å². The van der Waals surface area contributed by atoms with E-state index in [1.165, 1.54) is 6.42 Å². The van der Waals surface area contributed by atoms with E-state index in [1.807, 2.05) is 14.0 Å². The van der Waals surface area contributed by atoms with Gasteiger partial charge in [0, 0.05) is 16.8 Å². The molecular weight excluding hydrogens is 350 g/mol. The van der Waals surface area contributed by atoms with Gasteiger partial charge in [-0.3, -0.25) is 9.59 Å². The highest BCUT2D eigenvalue weighted by atomic mass is 35.5. The number of anilines is 1. The van der Waals surface area contributed by atoms with Crippen molar-refractivity contribution in [1.82, 2.24) is 5.32 Å². The summed E-state index contributed by atoms with van der Waals surface area (Å²) in [5.41, 5.74) is 0.703. The van der Waals surface area contributed by atoms with Crippen LogP contribution in [0.25, 0.3) is 0 Å². The topological polar surface area (TPSA) is 62.6 Å². The van der Waals surface area contributed by atoms with E-state index in [9.17, 15) is 9.59 Å². The second-order valence-electron chi connectivity index (χ2n) is 7.68. The van der Waals surface area contributed by atoms with Crippen LogP contribution in [-0.4, -0.2) is 37.5 Å². The van der Waals surface area contributed by atoms with Crippen molar-refractivity contribution in [3.05, 3.63) is 29.3 Å². The molecule has 1 unspecified atom stereocenters. The Hall–Kier alpha value is -1.59. The van der Waals surface area contributed by atoms with Crippen LogP contribution in [0.5, 0.6) is 0 Å². The largest absolute Gasteiger partial charge is 0.348 e. The van der Waals surface area contributed by atoms with Gasteiger partial charge in [-0.1, -0.05) is 38.3 Å². The number of benzene rings is 1. The predicted octanol–water partition coefficient (Wildman–Crippen LogP) is 2.12. The number of halogens is 1. The molecular formula is C20H31ClN3O2+. The van der Waals surface area contributed by atoms with E-state index in [2.05, 4.69) is 24.5 Å². The normalized spacial score (nSPS) is 25.2. The first kappa shape index (κ1) is 20.7. The Morgan fingerprint density at radius 3 is 2.54 bits per heavy atom. The van der Waals surface area contributed by atoms with Crippen LogP contribution in [-0.2, 0) is 9.59 Å². The first-order valence-electron chi connectivity index (χ1n) is 9.46. The number of carbonyl (C=O) groups excluding carboxylic acids is 2. The summed E-state index contributed by atoms with van der Waals surface area (Å²) >= 11 is 5.85. The van der Waals surface area contributed by atoms with Crippen LogP contribution in [0.15, 0.2) is 24.3 Å². The molecule has 1 saturated carbocycles. The third-order valence-electron chi connectivity index (χ3n) is 5.73. The van der Waals surface area contributed by atoms with Crippen LogP contribution in [0.3, 0.4) is 0 Å². The number of quaternary nitrogens is 1. The molecule has 2 rings (SSSR count). The molecule has 0 aliphatic heterocycles. The van der Waals surface area contributed by atoms with Gasteiger partial charge in [-0.25, -0.2) is 0 Å².